The monoisotopic (exact) mass is 325 g/mol. The van der Waals surface area contributed by atoms with E-state index in [1.54, 1.807) is 13.3 Å². The summed E-state index contributed by atoms with van der Waals surface area (Å²) in [7, 11) is 1.64. The molecular weight excluding hydrogens is 310 g/mol. The Labute approximate surface area is 139 Å². The molecule has 0 amide bonds. The van der Waals surface area contributed by atoms with Gasteiger partial charge in [-0.1, -0.05) is 11.6 Å². The zero-order valence-electron chi connectivity index (χ0n) is 12.9. The highest BCUT2D eigenvalue weighted by atomic mass is 35.5. The van der Waals surface area contributed by atoms with Crippen LogP contribution in [0, 0.1) is 6.92 Å². The van der Waals surface area contributed by atoms with Gasteiger partial charge in [0, 0.05) is 10.4 Å². The number of ether oxygens (including phenoxy) is 1. The smallest absolute Gasteiger partial charge is 0.147 e. The van der Waals surface area contributed by atoms with Crippen LogP contribution in [0.3, 0.4) is 0 Å². The van der Waals surface area contributed by atoms with E-state index in [0.717, 1.165) is 27.8 Å². The second-order valence-electron chi connectivity index (χ2n) is 5.13. The third-order valence-corrected chi connectivity index (χ3v) is 3.72. The van der Waals surface area contributed by atoms with Crippen LogP contribution in [0.4, 0.5) is 5.82 Å². The first kappa shape index (κ1) is 15.3. The summed E-state index contributed by atoms with van der Waals surface area (Å²) in [4.78, 5) is 4.53. The van der Waals surface area contributed by atoms with Crippen molar-refractivity contribution in [3.63, 3.8) is 0 Å². The summed E-state index contributed by atoms with van der Waals surface area (Å²) in [5.74, 6) is 1.52. The van der Waals surface area contributed by atoms with Gasteiger partial charge in [-0.15, -0.1) is 0 Å². The molecule has 0 atom stereocenters. The molecule has 1 N–H and O–H groups in total. The van der Waals surface area contributed by atoms with E-state index in [1.165, 1.54) is 0 Å². The van der Waals surface area contributed by atoms with Gasteiger partial charge in [-0.2, -0.15) is 5.10 Å². The summed E-state index contributed by atoms with van der Waals surface area (Å²) in [6.45, 7) is 2.03. The van der Waals surface area contributed by atoms with Gasteiger partial charge in [0.05, 0.1) is 18.8 Å². The van der Waals surface area contributed by atoms with Crippen LogP contribution in [0.5, 0.6) is 5.75 Å². The first-order chi connectivity index (χ1) is 11.2. The summed E-state index contributed by atoms with van der Waals surface area (Å²) < 4.78 is 5.13. The molecule has 1 heterocycles. The van der Waals surface area contributed by atoms with Gasteiger partial charge in [0.1, 0.15) is 11.6 Å². The number of aryl methyl sites for hydroxylation is 1. The molecule has 0 radical (unpaired) electrons. The summed E-state index contributed by atoms with van der Waals surface area (Å²) in [6.07, 6.45) is 1.74. The number of halogens is 1. The molecule has 116 valence electrons. The summed E-state index contributed by atoms with van der Waals surface area (Å²) in [6, 6.07) is 15.3. The van der Waals surface area contributed by atoms with Crippen molar-refractivity contribution in [3.05, 3.63) is 64.7 Å². The molecule has 23 heavy (non-hydrogen) atoms. The Bertz CT molecular complexity index is 860. The van der Waals surface area contributed by atoms with Gasteiger partial charge in [0.25, 0.3) is 0 Å². The molecule has 4 nitrogen and oxygen atoms in total. The molecule has 1 aromatic heterocycles. The number of benzene rings is 2. The predicted octanol–water partition coefficient (Wildman–Crippen LogP) is 4.65. The fraction of sp³-hybridized carbons (Fsp3) is 0.111. The number of anilines is 1. The van der Waals surface area contributed by atoms with Crippen molar-refractivity contribution in [2.45, 2.75) is 6.92 Å². The summed E-state index contributed by atoms with van der Waals surface area (Å²) >= 11 is 6.03. The molecule has 0 fully saturated rings. The molecule has 0 bridgehead atoms. The van der Waals surface area contributed by atoms with Crippen LogP contribution in [0.25, 0.3) is 10.9 Å². The number of hydrazone groups is 1. The molecule has 0 saturated carbocycles. The van der Waals surface area contributed by atoms with Crippen molar-refractivity contribution < 1.29 is 4.74 Å². The van der Waals surface area contributed by atoms with Crippen molar-refractivity contribution in [3.8, 4) is 5.75 Å². The second kappa shape index (κ2) is 6.67. The van der Waals surface area contributed by atoms with Gasteiger partial charge < -0.3 is 4.74 Å². The molecule has 2 aromatic carbocycles. The Hall–Kier alpha value is -2.59. The first-order valence-electron chi connectivity index (χ1n) is 7.16. The molecule has 5 heteroatoms. The lowest BCUT2D eigenvalue weighted by atomic mass is 10.1. The Morgan fingerprint density at radius 2 is 1.91 bits per heavy atom. The minimum Gasteiger partial charge on any atom is -0.497 e. The van der Waals surface area contributed by atoms with Crippen LogP contribution in [-0.2, 0) is 0 Å². The van der Waals surface area contributed by atoms with E-state index in [4.69, 9.17) is 16.3 Å². The van der Waals surface area contributed by atoms with Crippen molar-refractivity contribution in [1.29, 1.82) is 0 Å². The molecular formula is C18H16ClN3O. The number of rotatable bonds is 4. The van der Waals surface area contributed by atoms with Gasteiger partial charge >= 0.3 is 0 Å². The predicted molar refractivity (Wildman–Crippen MR) is 95.7 cm³/mol. The third kappa shape index (κ3) is 3.60. The molecule has 0 aliphatic rings. The van der Waals surface area contributed by atoms with Crippen molar-refractivity contribution >= 4 is 34.5 Å². The second-order valence-corrected chi connectivity index (χ2v) is 5.57. The lowest BCUT2D eigenvalue weighted by molar-refractivity contribution is 0.415. The average molecular weight is 326 g/mol. The van der Waals surface area contributed by atoms with E-state index in [9.17, 15) is 0 Å². The topological polar surface area (TPSA) is 46.5 Å². The first-order valence-corrected chi connectivity index (χ1v) is 7.53. The molecule has 0 spiro atoms. The molecule has 0 aliphatic carbocycles. The van der Waals surface area contributed by atoms with E-state index in [2.05, 4.69) is 15.5 Å². The Balaban J connectivity index is 1.78. The van der Waals surface area contributed by atoms with Gasteiger partial charge in [-0.3, -0.25) is 5.43 Å². The lowest BCUT2D eigenvalue weighted by Crippen LogP contribution is -1.95. The molecule has 0 aliphatic heterocycles. The van der Waals surface area contributed by atoms with Gasteiger partial charge in [-0.25, -0.2) is 4.98 Å². The number of hydrogen-bond donors (Lipinski definition) is 1. The van der Waals surface area contributed by atoms with E-state index >= 15 is 0 Å². The number of methoxy groups -OCH3 is 1. The standard InChI is InChI=1S/C18H16ClN3O/c1-12-9-18(21-17-8-5-14(19)10-16(12)17)22-20-11-13-3-6-15(23-2)7-4-13/h3-11H,1-2H3,(H,21,22)/b20-11-. The van der Waals surface area contributed by atoms with Crippen molar-refractivity contribution in [2.75, 3.05) is 12.5 Å². The number of hydrogen-bond acceptors (Lipinski definition) is 4. The summed E-state index contributed by atoms with van der Waals surface area (Å²) in [5, 5.41) is 5.98. The van der Waals surface area contributed by atoms with E-state index < -0.39 is 0 Å². The molecule has 3 aromatic rings. The minimum atomic E-state index is 0.696. The van der Waals surface area contributed by atoms with E-state index in [1.807, 2.05) is 55.5 Å². The number of aromatic nitrogens is 1. The van der Waals surface area contributed by atoms with Crippen LogP contribution in [0.2, 0.25) is 5.02 Å². The van der Waals surface area contributed by atoms with Gasteiger partial charge in [0.15, 0.2) is 0 Å². The highest BCUT2D eigenvalue weighted by Crippen LogP contribution is 2.23. The average Bonchev–Trinajstić information content (AvgIpc) is 2.56. The van der Waals surface area contributed by atoms with Crippen molar-refractivity contribution in [1.82, 2.24) is 4.98 Å². The highest BCUT2D eigenvalue weighted by Gasteiger charge is 2.03. The molecule has 0 saturated heterocycles. The zero-order valence-corrected chi connectivity index (χ0v) is 13.6. The highest BCUT2D eigenvalue weighted by molar-refractivity contribution is 6.31. The Kier molecular flexibility index (Phi) is 4.44. The largest absolute Gasteiger partial charge is 0.497 e. The zero-order chi connectivity index (χ0) is 16.2. The number of nitrogens with zero attached hydrogens (tertiary/aromatic N) is 2. The SMILES string of the molecule is COc1ccc(/C=N\Nc2cc(C)c3cc(Cl)ccc3n2)cc1. The fourth-order valence-electron chi connectivity index (χ4n) is 2.29. The number of nitrogens with one attached hydrogen (secondary N) is 1. The summed E-state index contributed by atoms with van der Waals surface area (Å²) in [5.41, 5.74) is 5.92. The van der Waals surface area contributed by atoms with Crippen molar-refractivity contribution in [2.24, 2.45) is 5.10 Å². The maximum atomic E-state index is 6.03. The maximum Gasteiger partial charge on any atom is 0.147 e. The van der Waals surface area contributed by atoms with Crippen LogP contribution in [-0.4, -0.2) is 18.3 Å². The maximum absolute atomic E-state index is 6.03. The quantitative estimate of drug-likeness (QED) is 0.561. The van der Waals surface area contributed by atoms with E-state index in [-0.39, 0.29) is 0 Å². The molecule has 3 rings (SSSR count). The molecule has 0 unspecified atom stereocenters. The van der Waals surface area contributed by atoms with E-state index in [0.29, 0.717) is 10.8 Å². The Morgan fingerprint density at radius 1 is 1.13 bits per heavy atom. The number of fused-ring (bicyclic) bond motifs is 1. The van der Waals surface area contributed by atoms with Crippen LogP contribution in [0.1, 0.15) is 11.1 Å². The Morgan fingerprint density at radius 3 is 2.65 bits per heavy atom. The minimum absolute atomic E-state index is 0.696. The number of pyridine rings is 1. The van der Waals surface area contributed by atoms with Crippen LogP contribution < -0.4 is 10.2 Å². The van der Waals surface area contributed by atoms with Gasteiger partial charge in [0.2, 0.25) is 0 Å². The lowest BCUT2D eigenvalue weighted by Gasteiger charge is -2.06. The van der Waals surface area contributed by atoms with Crippen LogP contribution in [0.15, 0.2) is 53.6 Å². The normalized spacial score (nSPS) is 11.1. The third-order valence-electron chi connectivity index (χ3n) is 3.49. The van der Waals surface area contributed by atoms with Gasteiger partial charge in [-0.05, 0) is 66.6 Å². The van der Waals surface area contributed by atoms with Crippen LogP contribution >= 0.6 is 11.6 Å². The fourth-order valence-corrected chi connectivity index (χ4v) is 2.46.